The minimum Gasteiger partial charge on any atom is -0.493 e. The Hall–Kier alpha value is -1.38. The van der Waals surface area contributed by atoms with E-state index in [1.54, 1.807) is 0 Å². The smallest absolute Gasteiger partial charge is 0.243 e. The third-order valence-electron chi connectivity index (χ3n) is 2.30. The lowest BCUT2D eigenvalue weighted by Crippen LogP contribution is -2.31. The van der Waals surface area contributed by atoms with Crippen LogP contribution < -0.4 is 14.2 Å². The molecule has 0 bridgehead atoms. The molecule has 0 aliphatic carbocycles. The summed E-state index contributed by atoms with van der Waals surface area (Å²) >= 11 is 0. The summed E-state index contributed by atoms with van der Waals surface area (Å²) in [5.74, 6) is -0.772. The quantitative estimate of drug-likeness (QED) is 0.798. The average Bonchev–Trinajstić information content (AvgIpc) is 2.35. The molecule has 0 saturated heterocycles. The van der Waals surface area contributed by atoms with Crippen molar-refractivity contribution in [2.24, 2.45) is 0 Å². The highest BCUT2D eigenvalue weighted by atomic mass is 32.2. The van der Waals surface area contributed by atoms with E-state index in [9.17, 15) is 12.8 Å². The Morgan fingerprint density at radius 2 is 1.84 bits per heavy atom. The minimum atomic E-state index is -4.06. The van der Waals surface area contributed by atoms with Crippen molar-refractivity contribution in [2.75, 3.05) is 20.8 Å². The molecule has 0 fully saturated rings. The summed E-state index contributed by atoms with van der Waals surface area (Å²) in [4.78, 5) is -0.564. The molecule has 0 saturated carbocycles. The number of halogens is 1. The molecule has 2 N–H and O–H groups in total. The zero-order chi connectivity index (χ0) is 14.6. The van der Waals surface area contributed by atoms with Gasteiger partial charge in [0.2, 0.25) is 10.0 Å². The lowest BCUT2D eigenvalue weighted by molar-refractivity contribution is 0.198. The Morgan fingerprint density at radius 1 is 1.32 bits per heavy atom. The van der Waals surface area contributed by atoms with Crippen LogP contribution in [-0.4, -0.2) is 40.4 Å². The van der Waals surface area contributed by atoms with E-state index in [1.165, 1.54) is 21.1 Å². The van der Waals surface area contributed by atoms with Crippen molar-refractivity contribution >= 4 is 10.0 Å². The summed E-state index contributed by atoms with van der Waals surface area (Å²) in [5, 5.41) is 9.05. The monoisotopic (exact) mass is 293 g/mol. The van der Waals surface area contributed by atoms with E-state index in [1.807, 2.05) is 0 Å². The van der Waals surface area contributed by atoms with Crippen molar-refractivity contribution < 1.29 is 27.4 Å². The Balaban J connectivity index is 3.19. The van der Waals surface area contributed by atoms with Gasteiger partial charge in [-0.05, 0) is 6.92 Å². The number of benzene rings is 1. The molecule has 8 heteroatoms. The Bertz CT molecular complexity index is 544. The van der Waals surface area contributed by atoms with Gasteiger partial charge in [-0.15, -0.1) is 0 Å². The summed E-state index contributed by atoms with van der Waals surface area (Å²) < 4.78 is 49.4. The number of hydrogen-bond acceptors (Lipinski definition) is 5. The van der Waals surface area contributed by atoms with Crippen LogP contribution in [0.1, 0.15) is 6.92 Å². The molecular weight excluding hydrogens is 277 g/mol. The molecule has 1 aromatic rings. The second-order valence-electron chi connectivity index (χ2n) is 3.84. The third kappa shape index (κ3) is 3.79. The summed E-state index contributed by atoms with van der Waals surface area (Å²) in [6.07, 6.45) is -0.877. The first-order valence-corrected chi connectivity index (χ1v) is 6.89. The van der Waals surface area contributed by atoms with Gasteiger partial charge in [0, 0.05) is 18.7 Å². The largest absolute Gasteiger partial charge is 0.493 e. The number of rotatable bonds is 6. The van der Waals surface area contributed by atoms with Gasteiger partial charge in [0.15, 0.2) is 11.5 Å². The highest BCUT2D eigenvalue weighted by molar-refractivity contribution is 7.89. The summed E-state index contributed by atoms with van der Waals surface area (Å²) in [7, 11) is -1.43. The van der Waals surface area contributed by atoms with E-state index in [4.69, 9.17) is 14.6 Å². The number of aliphatic hydroxyl groups excluding tert-OH is 1. The molecular formula is C11H16FNO5S. The molecule has 1 atom stereocenters. The van der Waals surface area contributed by atoms with E-state index in [2.05, 4.69) is 4.72 Å². The van der Waals surface area contributed by atoms with Gasteiger partial charge in [0.1, 0.15) is 10.7 Å². The second kappa shape index (κ2) is 6.18. The molecule has 1 aromatic carbocycles. The molecule has 1 rings (SSSR count). The highest BCUT2D eigenvalue weighted by Gasteiger charge is 2.22. The van der Waals surface area contributed by atoms with Crippen LogP contribution in [0.5, 0.6) is 11.5 Å². The van der Waals surface area contributed by atoms with Gasteiger partial charge < -0.3 is 14.6 Å². The van der Waals surface area contributed by atoms with E-state index in [0.717, 1.165) is 12.1 Å². The molecule has 1 unspecified atom stereocenters. The van der Waals surface area contributed by atoms with Crippen molar-refractivity contribution in [2.45, 2.75) is 17.9 Å². The molecule has 19 heavy (non-hydrogen) atoms. The SMILES string of the molecule is COc1cc(F)c(S(=O)(=O)NCC(C)O)cc1OC. The van der Waals surface area contributed by atoms with Crippen LogP contribution in [0.4, 0.5) is 4.39 Å². The fourth-order valence-corrected chi connectivity index (χ4v) is 2.54. The van der Waals surface area contributed by atoms with Gasteiger partial charge in [-0.1, -0.05) is 0 Å². The number of hydrogen-bond donors (Lipinski definition) is 2. The van der Waals surface area contributed by atoms with Gasteiger partial charge >= 0.3 is 0 Å². The van der Waals surface area contributed by atoms with Crippen molar-refractivity contribution in [3.63, 3.8) is 0 Å². The van der Waals surface area contributed by atoms with Crippen molar-refractivity contribution in [1.82, 2.24) is 4.72 Å². The number of ether oxygens (including phenoxy) is 2. The predicted molar refractivity (Wildman–Crippen MR) is 66.4 cm³/mol. The van der Waals surface area contributed by atoms with Crippen molar-refractivity contribution in [3.05, 3.63) is 17.9 Å². The zero-order valence-corrected chi connectivity index (χ0v) is 11.6. The maximum Gasteiger partial charge on any atom is 0.243 e. The van der Waals surface area contributed by atoms with Gasteiger partial charge in [-0.25, -0.2) is 17.5 Å². The molecule has 0 amide bonds. The Kier molecular flexibility index (Phi) is 5.10. The van der Waals surface area contributed by atoms with Crippen LogP contribution in [0, 0.1) is 5.82 Å². The zero-order valence-electron chi connectivity index (χ0n) is 10.8. The summed E-state index contributed by atoms with van der Waals surface area (Å²) in [6.45, 7) is 1.20. The Morgan fingerprint density at radius 3 is 2.32 bits per heavy atom. The lowest BCUT2D eigenvalue weighted by Gasteiger charge is -2.12. The molecule has 0 aromatic heterocycles. The topological polar surface area (TPSA) is 84.9 Å². The van der Waals surface area contributed by atoms with E-state index in [0.29, 0.717) is 0 Å². The molecule has 0 radical (unpaired) electrons. The first-order chi connectivity index (χ1) is 8.81. The van der Waals surface area contributed by atoms with Crippen LogP contribution in [0.25, 0.3) is 0 Å². The Labute approximate surface area is 111 Å². The second-order valence-corrected chi connectivity index (χ2v) is 5.57. The van der Waals surface area contributed by atoms with Crippen molar-refractivity contribution in [3.8, 4) is 11.5 Å². The third-order valence-corrected chi connectivity index (χ3v) is 3.73. The first kappa shape index (κ1) is 15.7. The van der Waals surface area contributed by atoms with E-state index < -0.39 is 26.8 Å². The average molecular weight is 293 g/mol. The molecule has 0 aliphatic rings. The van der Waals surface area contributed by atoms with Crippen LogP contribution in [0.3, 0.4) is 0 Å². The van der Waals surface area contributed by atoms with E-state index in [-0.39, 0.29) is 18.0 Å². The first-order valence-electron chi connectivity index (χ1n) is 5.41. The molecule has 6 nitrogen and oxygen atoms in total. The fourth-order valence-electron chi connectivity index (χ4n) is 1.35. The van der Waals surface area contributed by atoms with Gasteiger partial charge in [-0.3, -0.25) is 0 Å². The number of sulfonamides is 1. The normalized spacial score (nSPS) is 13.1. The fraction of sp³-hybridized carbons (Fsp3) is 0.455. The number of nitrogens with one attached hydrogen (secondary N) is 1. The van der Waals surface area contributed by atoms with Gasteiger partial charge in [0.25, 0.3) is 0 Å². The van der Waals surface area contributed by atoms with Crippen LogP contribution in [0.15, 0.2) is 17.0 Å². The van der Waals surface area contributed by atoms with Crippen LogP contribution in [-0.2, 0) is 10.0 Å². The van der Waals surface area contributed by atoms with Gasteiger partial charge in [-0.2, -0.15) is 0 Å². The number of methoxy groups -OCH3 is 2. The van der Waals surface area contributed by atoms with E-state index >= 15 is 0 Å². The predicted octanol–water partition coefficient (Wildman–Crippen LogP) is 0.502. The number of aliphatic hydroxyl groups is 1. The maximum absolute atomic E-state index is 13.8. The summed E-state index contributed by atoms with van der Waals surface area (Å²) in [5.41, 5.74) is 0. The van der Waals surface area contributed by atoms with Crippen LogP contribution >= 0.6 is 0 Å². The molecule has 0 aliphatic heterocycles. The lowest BCUT2D eigenvalue weighted by atomic mass is 10.3. The molecule has 108 valence electrons. The molecule has 0 spiro atoms. The van der Waals surface area contributed by atoms with Crippen LogP contribution in [0.2, 0.25) is 0 Å². The van der Waals surface area contributed by atoms with Gasteiger partial charge in [0.05, 0.1) is 20.3 Å². The molecule has 0 heterocycles. The summed E-state index contributed by atoms with van der Waals surface area (Å²) in [6, 6.07) is 1.95. The maximum atomic E-state index is 13.8. The highest BCUT2D eigenvalue weighted by Crippen LogP contribution is 2.31. The van der Waals surface area contributed by atoms with Crippen molar-refractivity contribution in [1.29, 1.82) is 0 Å². The standard InChI is InChI=1S/C11H16FNO5S/c1-7(14)6-13-19(15,16)11-5-10(18-3)9(17-2)4-8(11)12/h4-5,7,13-14H,6H2,1-3H3. The minimum absolute atomic E-state index is 0.0921.